The van der Waals surface area contributed by atoms with Crippen molar-refractivity contribution in [1.29, 1.82) is 5.41 Å². The third kappa shape index (κ3) is 9.34. The molecule has 0 spiro atoms. The molecule has 1 fully saturated rings. The maximum absolute atomic E-state index is 14.2. The Morgan fingerprint density at radius 1 is 0.816 bits per heavy atom. The lowest BCUT2D eigenvalue weighted by atomic mass is 9.78. The van der Waals surface area contributed by atoms with Crippen molar-refractivity contribution in [2.75, 3.05) is 13.1 Å². The Balaban J connectivity index is 1.26. The van der Waals surface area contributed by atoms with Crippen molar-refractivity contribution < 1.29 is 23.9 Å². The molecular weight excluding hydrogens is 616 g/mol. The van der Waals surface area contributed by atoms with Gasteiger partial charge >= 0.3 is 5.97 Å². The molecule has 9 nitrogen and oxygen atoms in total. The van der Waals surface area contributed by atoms with Crippen LogP contribution in [-0.4, -0.2) is 41.6 Å². The van der Waals surface area contributed by atoms with E-state index in [9.17, 15) is 14.4 Å². The lowest BCUT2D eigenvalue weighted by molar-refractivity contribution is -0.147. The van der Waals surface area contributed by atoms with Crippen molar-refractivity contribution in [1.82, 2.24) is 10.2 Å². The number of hydrogen-bond donors (Lipinski definition) is 3. The van der Waals surface area contributed by atoms with Crippen molar-refractivity contribution >= 4 is 23.6 Å². The highest BCUT2D eigenvalue weighted by Crippen LogP contribution is 2.38. The third-order valence-corrected chi connectivity index (χ3v) is 9.07. The Labute approximate surface area is 287 Å². The van der Waals surface area contributed by atoms with Crippen LogP contribution in [0.15, 0.2) is 109 Å². The standard InChI is InChI=1S/C40H44N4O5/c1-40(2,39(47)44-23-21-28(22-24-44)25-35(45)49-27-30-11-7-4-8-12-30)36(43-38(46)33-15-13-32(14-16-33)37(41)42)31-17-19-34(20-18-31)48-26-29-9-5-3-6-10-29/h3-20,28,36H,21-27H2,1-2H3,(H3,41,42)(H,43,46). The number of carbonyl (C=O) groups excluding carboxylic acids is 3. The number of rotatable bonds is 13. The third-order valence-electron chi connectivity index (χ3n) is 9.07. The second-order valence-corrected chi connectivity index (χ2v) is 13.0. The van der Waals surface area contributed by atoms with E-state index >= 15 is 0 Å². The molecule has 1 aliphatic heterocycles. The van der Waals surface area contributed by atoms with Crippen LogP contribution in [0.3, 0.4) is 0 Å². The second kappa shape index (κ2) is 16.1. The van der Waals surface area contributed by atoms with Crippen molar-refractivity contribution in [2.24, 2.45) is 17.1 Å². The van der Waals surface area contributed by atoms with E-state index in [1.165, 1.54) is 0 Å². The number of carbonyl (C=O) groups is 3. The van der Waals surface area contributed by atoms with E-state index in [4.69, 9.17) is 20.6 Å². The minimum Gasteiger partial charge on any atom is -0.489 e. The molecule has 0 saturated carbocycles. The van der Waals surface area contributed by atoms with Crippen molar-refractivity contribution in [3.63, 3.8) is 0 Å². The number of nitrogens with one attached hydrogen (secondary N) is 2. The molecule has 4 aromatic rings. The molecule has 9 heteroatoms. The first-order valence-corrected chi connectivity index (χ1v) is 16.6. The van der Waals surface area contributed by atoms with Gasteiger partial charge in [-0.2, -0.15) is 0 Å². The maximum Gasteiger partial charge on any atom is 0.306 e. The monoisotopic (exact) mass is 660 g/mol. The van der Waals surface area contributed by atoms with Gasteiger partial charge in [0.2, 0.25) is 5.91 Å². The average molecular weight is 661 g/mol. The van der Waals surface area contributed by atoms with Crippen LogP contribution in [0, 0.1) is 16.7 Å². The predicted octanol–water partition coefficient (Wildman–Crippen LogP) is 6.42. The fraction of sp³-hybridized carbons (Fsp3) is 0.300. The van der Waals surface area contributed by atoms with Gasteiger partial charge in [0.1, 0.15) is 24.8 Å². The molecule has 4 aromatic carbocycles. The number of amides is 2. The van der Waals surface area contributed by atoms with Gasteiger partial charge in [0.05, 0.1) is 11.5 Å². The molecule has 1 unspecified atom stereocenters. The summed E-state index contributed by atoms with van der Waals surface area (Å²) in [6.45, 7) is 5.40. The molecule has 5 rings (SSSR count). The molecule has 49 heavy (non-hydrogen) atoms. The average Bonchev–Trinajstić information content (AvgIpc) is 3.13. The van der Waals surface area contributed by atoms with Gasteiger partial charge < -0.3 is 25.4 Å². The van der Waals surface area contributed by atoms with Crippen molar-refractivity contribution in [3.05, 3.63) is 137 Å². The Bertz CT molecular complexity index is 1720. The van der Waals surface area contributed by atoms with E-state index in [0.717, 1.165) is 16.7 Å². The van der Waals surface area contributed by atoms with Gasteiger partial charge in [-0.1, -0.05) is 84.9 Å². The molecule has 1 saturated heterocycles. The van der Waals surface area contributed by atoms with Crippen LogP contribution in [0.5, 0.6) is 5.75 Å². The fourth-order valence-electron chi connectivity index (χ4n) is 6.10. The number of nitrogens with two attached hydrogens (primary N) is 1. The fourth-order valence-corrected chi connectivity index (χ4v) is 6.10. The largest absolute Gasteiger partial charge is 0.489 e. The van der Waals surface area contributed by atoms with Crippen LogP contribution in [-0.2, 0) is 27.5 Å². The Morgan fingerprint density at radius 2 is 1.37 bits per heavy atom. The van der Waals surface area contributed by atoms with E-state index < -0.39 is 11.5 Å². The zero-order chi connectivity index (χ0) is 34.8. The van der Waals surface area contributed by atoms with Gasteiger partial charge in [-0.15, -0.1) is 0 Å². The quantitative estimate of drug-likeness (QED) is 0.0861. The molecule has 0 aromatic heterocycles. The second-order valence-electron chi connectivity index (χ2n) is 13.0. The van der Waals surface area contributed by atoms with Crippen LogP contribution >= 0.6 is 0 Å². The maximum atomic E-state index is 14.2. The molecular formula is C40H44N4O5. The molecule has 1 aliphatic rings. The Hall–Kier alpha value is -5.44. The Morgan fingerprint density at radius 3 is 1.94 bits per heavy atom. The highest BCUT2D eigenvalue weighted by Gasteiger charge is 2.42. The lowest BCUT2D eigenvalue weighted by Gasteiger charge is -2.40. The van der Waals surface area contributed by atoms with E-state index in [1.807, 2.05) is 104 Å². The number of benzene rings is 4. The zero-order valence-corrected chi connectivity index (χ0v) is 28.1. The summed E-state index contributed by atoms with van der Waals surface area (Å²) in [5.74, 6) is 0.0546. The summed E-state index contributed by atoms with van der Waals surface area (Å²) in [6.07, 6.45) is 1.70. The highest BCUT2D eigenvalue weighted by molar-refractivity contribution is 5.98. The number of nitrogens with zero attached hydrogens (tertiary/aromatic N) is 1. The van der Waals surface area contributed by atoms with Crippen LogP contribution in [0.2, 0.25) is 0 Å². The van der Waals surface area contributed by atoms with E-state index in [1.54, 1.807) is 24.3 Å². The molecule has 254 valence electrons. The molecule has 0 radical (unpaired) electrons. The van der Waals surface area contributed by atoms with Crippen LogP contribution in [0.25, 0.3) is 0 Å². The van der Waals surface area contributed by atoms with Gasteiger partial charge in [0.25, 0.3) is 5.91 Å². The van der Waals surface area contributed by atoms with Gasteiger partial charge in [-0.25, -0.2) is 0 Å². The summed E-state index contributed by atoms with van der Waals surface area (Å²) >= 11 is 0. The van der Waals surface area contributed by atoms with Crippen LogP contribution in [0.1, 0.15) is 71.8 Å². The van der Waals surface area contributed by atoms with Gasteiger partial charge in [0, 0.05) is 30.6 Å². The first-order chi connectivity index (χ1) is 23.6. The van der Waals surface area contributed by atoms with Crippen molar-refractivity contribution in [2.45, 2.75) is 52.4 Å². The summed E-state index contributed by atoms with van der Waals surface area (Å²) in [7, 11) is 0. The summed E-state index contributed by atoms with van der Waals surface area (Å²) in [4.78, 5) is 42.2. The Kier molecular flexibility index (Phi) is 11.5. The zero-order valence-electron chi connectivity index (χ0n) is 28.1. The first kappa shape index (κ1) is 34.9. The molecule has 0 bridgehead atoms. The smallest absolute Gasteiger partial charge is 0.306 e. The van der Waals surface area contributed by atoms with Crippen LogP contribution < -0.4 is 15.8 Å². The summed E-state index contributed by atoms with van der Waals surface area (Å²) < 4.78 is 11.5. The van der Waals surface area contributed by atoms with Gasteiger partial charge in [0.15, 0.2) is 0 Å². The number of piperidine rings is 1. The summed E-state index contributed by atoms with van der Waals surface area (Å²) in [5.41, 5.74) is 8.24. The number of hydrogen-bond acceptors (Lipinski definition) is 6. The molecule has 2 amide bonds. The van der Waals surface area contributed by atoms with E-state index in [-0.39, 0.29) is 36.1 Å². The molecule has 1 atom stereocenters. The normalized spacial score (nSPS) is 14.0. The number of esters is 1. The van der Waals surface area contributed by atoms with E-state index in [2.05, 4.69) is 5.32 Å². The minimum absolute atomic E-state index is 0.0840. The first-order valence-electron chi connectivity index (χ1n) is 16.6. The highest BCUT2D eigenvalue weighted by atomic mass is 16.5. The van der Waals surface area contributed by atoms with Crippen LogP contribution in [0.4, 0.5) is 0 Å². The number of nitrogen functional groups attached to an aromatic ring is 1. The van der Waals surface area contributed by atoms with Gasteiger partial charge in [-0.05, 0) is 73.6 Å². The SMILES string of the molecule is CC(C)(C(=O)N1CCC(CC(=O)OCc2ccccc2)CC1)C(NC(=O)c1ccc(C(=N)N)cc1)c1ccc(OCc2ccccc2)cc1. The molecule has 4 N–H and O–H groups in total. The molecule has 1 heterocycles. The lowest BCUT2D eigenvalue weighted by Crippen LogP contribution is -2.51. The van der Waals surface area contributed by atoms with Crippen molar-refractivity contribution in [3.8, 4) is 5.75 Å². The number of amidine groups is 1. The number of likely N-dealkylation sites (tertiary alicyclic amines) is 1. The minimum atomic E-state index is -1.02. The van der Waals surface area contributed by atoms with Gasteiger partial charge in [-0.3, -0.25) is 19.8 Å². The topological polar surface area (TPSA) is 135 Å². The summed E-state index contributed by atoms with van der Waals surface area (Å²) in [6, 6.07) is 32.8. The summed E-state index contributed by atoms with van der Waals surface area (Å²) in [5, 5.41) is 10.8. The molecule has 0 aliphatic carbocycles. The van der Waals surface area contributed by atoms with E-state index in [0.29, 0.717) is 55.8 Å². The number of ether oxygens (including phenoxy) is 2. The predicted molar refractivity (Wildman–Crippen MR) is 189 cm³/mol.